The minimum Gasteiger partial charge on any atom is -0.506 e. The molecule has 3 nitrogen and oxygen atoms in total. The Bertz CT molecular complexity index is 520. The summed E-state index contributed by atoms with van der Waals surface area (Å²) in [5.41, 5.74) is 0.731. The molecule has 0 aliphatic carbocycles. The number of rotatable bonds is 2. The minimum absolute atomic E-state index is 0.0539. The number of benzene rings is 2. The maximum Gasteiger partial charge on any atom is 0.255 e. The molecule has 0 atom stereocenters. The molecule has 0 saturated heterocycles. The monoisotopic (exact) mass is 247 g/mol. The summed E-state index contributed by atoms with van der Waals surface area (Å²) >= 11 is 5.89. The molecule has 2 rings (SSSR count). The van der Waals surface area contributed by atoms with Crippen molar-refractivity contribution in [3.8, 4) is 5.75 Å². The van der Waals surface area contributed by atoms with Crippen LogP contribution in [0, 0.1) is 0 Å². The third-order valence-corrected chi connectivity index (χ3v) is 2.58. The van der Waals surface area contributed by atoms with E-state index in [0.717, 1.165) is 0 Å². The number of hydrogen-bond donors (Lipinski definition) is 2. The van der Waals surface area contributed by atoms with E-state index in [4.69, 9.17) is 11.6 Å². The Kier molecular flexibility index (Phi) is 3.30. The van der Waals surface area contributed by atoms with Crippen molar-refractivity contribution in [2.75, 3.05) is 5.32 Å². The summed E-state index contributed by atoms with van der Waals surface area (Å²) in [5, 5.41) is 12.5. The smallest absolute Gasteiger partial charge is 0.255 e. The van der Waals surface area contributed by atoms with Crippen LogP contribution in [0.5, 0.6) is 5.75 Å². The second-order valence-electron chi connectivity index (χ2n) is 3.45. The van der Waals surface area contributed by atoms with Gasteiger partial charge in [-0.05, 0) is 24.3 Å². The number of amides is 1. The normalized spacial score (nSPS) is 9.94. The molecule has 17 heavy (non-hydrogen) atoms. The fourth-order valence-electron chi connectivity index (χ4n) is 1.41. The average Bonchev–Trinajstić information content (AvgIpc) is 2.35. The number of carbonyl (C=O) groups is 1. The third kappa shape index (κ3) is 2.57. The average molecular weight is 248 g/mol. The van der Waals surface area contributed by atoms with Gasteiger partial charge in [0.25, 0.3) is 5.91 Å². The van der Waals surface area contributed by atoms with Gasteiger partial charge in [-0.15, -0.1) is 0 Å². The summed E-state index contributed by atoms with van der Waals surface area (Å²) in [6.45, 7) is 0. The summed E-state index contributed by atoms with van der Waals surface area (Å²) in [4.78, 5) is 11.8. The van der Waals surface area contributed by atoms with Gasteiger partial charge in [-0.1, -0.05) is 35.9 Å². The highest BCUT2D eigenvalue weighted by Gasteiger charge is 2.11. The van der Waals surface area contributed by atoms with E-state index in [1.807, 2.05) is 6.07 Å². The topological polar surface area (TPSA) is 49.3 Å². The van der Waals surface area contributed by atoms with Crippen molar-refractivity contribution in [1.82, 2.24) is 0 Å². The lowest BCUT2D eigenvalue weighted by molar-refractivity contribution is 0.102. The van der Waals surface area contributed by atoms with Crippen LogP contribution in [0.4, 0.5) is 5.69 Å². The van der Waals surface area contributed by atoms with Crippen molar-refractivity contribution in [2.24, 2.45) is 0 Å². The van der Waals surface area contributed by atoms with Crippen molar-refractivity contribution in [3.05, 3.63) is 59.1 Å². The molecule has 0 heterocycles. The van der Waals surface area contributed by atoms with E-state index in [9.17, 15) is 9.90 Å². The molecular weight excluding hydrogens is 238 g/mol. The highest BCUT2D eigenvalue weighted by Crippen LogP contribution is 2.31. The molecule has 0 aliphatic heterocycles. The fourth-order valence-corrected chi connectivity index (χ4v) is 1.63. The zero-order valence-electron chi connectivity index (χ0n) is 8.85. The van der Waals surface area contributed by atoms with Gasteiger partial charge in [0.2, 0.25) is 0 Å². The van der Waals surface area contributed by atoms with E-state index < -0.39 is 0 Å². The van der Waals surface area contributed by atoms with E-state index in [0.29, 0.717) is 10.6 Å². The number of phenolic OH excluding ortho intramolecular Hbond substituents is 1. The maximum atomic E-state index is 11.8. The van der Waals surface area contributed by atoms with Crippen LogP contribution in [0.2, 0.25) is 5.02 Å². The number of hydrogen-bond acceptors (Lipinski definition) is 2. The molecule has 0 saturated carbocycles. The van der Waals surface area contributed by atoms with E-state index in [2.05, 4.69) is 5.32 Å². The Morgan fingerprint density at radius 3 is 2.41 bits per heavy atom. The largest absolute Gasteiger partial charge is 0.506 e. The standard InChI is InChI=1S/C13H10ClNO2/c14-10-7-4-8-11(16)12(10)15-13(17)9-5-2-1-3-6-9/h1-8,16H,(H,15,17). The first-order valence-electron chi connectivity index (χ1n) is 5.02. The first-order valence-corrected chi connectivity index (χ1v) is 5.40. The number of anilines is 1. The van der Waals surface area contributed by atoms with E-state index in [1.54, 1.807) is 36.4 Å². The van der Waals surface area contributed by atoms with Gasteiger partial charge in [-0.25, -0.2) is 0 Å². The van der Waals surface area contributed by atoms with Crippen LogP contribution in [0.1, 0.15) is 10.4 Å². The van der Waals surface area contributed by atoms with E-state index in [1.165, 1.54) is 6.07 Å². The molecule has 86 valence electrons. The van der Waals surface area contributed by atoms with Crippen molar-refractivity contribution in [3.63, 3.8) is 0 Å². The summed E-state index contributed by atoms with van der Waals surface area (Å²) in [5.74, 6) is -0.365. The van der Waals surface area contributed by atoms with Crippen LogP contribution in [-0.4, -0.2) is 11.0 Å². The predicted octanol–water partition coefficient (Wildman–Crippen LogP) is 3.30. The zero-order chi connectivity index (χ0) is 12.3. The van der Waals surface area contributed by atoms with Crippen LogP contribution in [0.15, 0.2) is 48.5 Å². The molecule has 0 spiro atoms. The van der Waals surface area contributed by atoms with Crippen molar-refractivity contribution in [1.29, 1.82) is 0 Å². The van der Waals surface area contributed by atoms with Gasteiger partial charge in [0.15, 0.2) is 0 Å². The highest BCUT2D eigenvalue weighted by atomic mass is 35.5. The number of para-hydroxylation sites is 1. The van der Waals surface area contributed by atoms with Crippen molar-refractivity contribution in [2.45, 2.75) is 0 Å². The summed E-state index contributed by atoms with van der Waals surface area (Å²) in [6, 6.07) is 13.4. The Balaban J connectivity index is 2.25. The fraction of sp³-hybridized carbons (Fsp3) is 0. The Labute approximate surface area is 104 Å². The molecule has 2 aromatic carbocycles. The van der Waals surface area contributed by atoms with Gasteiger partial charge < -0.3 is 10.4 Å². The van der Waals surface area contributed by atoms with Gasteiger partial charge in [0.05, 0.1) is 5.02 Å². The summed E-state index contributed by atoms with van der Waals surface area (Å²) < 4.78 is 0. The van der Waals surface area contributed by atoms with Crippen molar-refractivity contribution < 1.29 is 9.90 Å². The lowest BCUT2D eigenvalue weighted by Gasteiger charge is -2.08. The number of phenols is 1. The molecule has 2 N–H and O–H groups in total. The van der Waals surface area contributed by atoms with Gasteiger partial charge >= 0.3 is 0 Å². The van der Waals surface area contributed by atoms with Gasteiger partial charge in [0.1, 0.15) is 11.4 Å². The minimum atomic E-state index is -0.311. The second-order valence-corrected chi connectivity index (χ2v) is 3.86. The quantitative estimate of drug-likeness (QED) is 0.800. The van der Waals surface area contributed by atoms with Crippen LogP contribution < -0.4 is 5.32 Å². The van der Waals surface area contributed by atoms with Crippen LogP contribution >= 0.6 is 11.6 Å². The van der Waals surface area contributed by atoms with E-state index in [-0.39, 0.29) is 17.3 Å². The number of halogens is 1. The maximum absolute atomic E-state index is 11.8. The lowest BCUT2D eigenvalue weighted by atomic mass is 10.2. The first-order chi connectivity index (χ1) is 8.18. The summed E-state index contributed by atoms with van der Waals surface area (Å²) in [7, 11) is 0. The molecule has 0 unspecified atom stereocenters. The summed E-state index contributed by atoms with van der Waals surface area (Å²) in [6.07, 6.45) is 0. The molecular formula is C13H10ClNO2. The molecule has 0 aromatic heterocycles. The number of carbonyl (C=O) groups excluding carboxylic acids is 1. The second kappa shape index (κ2) is 4.89. The predicted molar refractivity (Wildman–Crippen MR) is 67.5 cm³/mol. The van der Waals surface area contributed by atoms with Gasteiger partial charge in [-0.3, -0.25) is 4.79 Å². The van der Waals surface area contributed by atoms with Crippen LogP contribution in [-0.2, 0) is 0 Å². The van der Waals surface area contributed by atoms with Crippen molar-refractivity contribution >= 4 is 23.2 Å². The van der Waals surface area contributed by atoms with Crippen LogP contribution in [0.25, 0.3) is 0 Å². The third-order valence-electron chi connectivity index (χ3n) is 2.27. The molecule has 2 aromatic rings. The molecule has 4 heteroatoms. The highest BCUT2D eigenvalue weighted by molar-refractivity contribution is 6.34. The molecule has 0 aliphatic rings. The SMILES string of the molecule is O=C(Nc1c(O)cccc1Cl)c1ccccc1. The van der Waals surface area contributed by atoms with E-state index >= 15 is 0 Å². The van der Waals surface area contributed by atoms with Gasteiger partial charge in [0, 0.05) is 5.56 Å². The Hall–Kier alpha value is -2.00. The number of nitrogens with one attached hydrogen (secondary N) is 1. The molecule has 0 fully saturated rings. The lowest BCUT2D eigenvalue weighted by Crippen LogP contribution is -2.12. The zero-order valence-corrected chi connectivity index (χ0v) is 9.61. The Morgan fingerprint density at radius 2 is 1.76 bits per heavy atom. The molecule has 0 radical (unpaired) electrons. The van der Waals surface area contributed by atoms with Gasteiger partial charge in [-0.2, -0.15) is 0 Å². The van der Waals surface area contributed by atoms with Crippen LogP contribution in [0.3, 0.4) is 0 Å². The number of aromatic hydroxyl groups is 1. The first kappa shape index (κ1) is 11.5. The molecule has 1 amide bonds. The molecule has 0 bridgehead atoms. The Morgan fingerprint density at radius 1 is 1.06 bits per heavy atom.